The minimum atomic E-state index is -0.372. The topological polar surface area (TPSA) is 57.6 Å². The lowest BCUT2D eigenvalue weighted by Crippen LogP contribution is -2.53. The van der Waals surface area contributed by atoms with E-state index < -0.39 is 0 Å². The van der Waals surface area contributed by atoms with Crippen LogP contribution in [-0.4, -0.2) is 51.0 Å². The van der Waals surface area contributed by atoms with Crippen LogP contribution < -0.4 is 5.32 Å². The van der Waals surface area contributed by atoms with Crippen LogP contribution in [0.25, 0.3) is 0 Å². The van der Waals surface area contributed by atoms with Crippen LogP contribution in [0.3, 0.4) is 0 Å². The van der Waals surface area contributed by atoms with Gasteiger partial charge in [-0.05, 0) is 63.4 Å². The summed E-state index contributed by atoms with van der Waals surface area (Å²) in [6.07, 6.45) is 3.82. The first-order chi connectivity index (χ1) is 14.2. The van der Waals surface area contributed by atoms with Gasteiger partial charge in [-0.25, -0.2) is 9.18 Å². The molecule has 0 saturated heterocycles. The Morgan fingerprint density at radius 3 is 2.60 bits per heavy atom. The lowest BCUT2D eigenvalue weighted by molar-refractivity contribution is -0.134. The number of benzene rings is 1. The van der Waals surface area contributed by atoms with E-state index >= 15 is 0 Å². The van der Waals surface area contributed by atoms with Crippen molar-refractivity contribution in [2.24, 2.45) is 0 Å². The fourth-order valence-electron chi connectivity index (χ4n) is 4.06. The molecule has 3 amide bonds. The van der Waals surface area contributed by atoms with Crippen LogP contribution >= 0.6 is 0 Å². The fraction of sp³-hybridized carbons (Fsp3) is 0.478. The summed E-state index contributed by atoms with van der Waals surface area (Å²) in [4.78, 5) is 29.7. The molecule has 0 radical (unpaired) electrons. The Kier molecular flexibility index (Phi) is 5.30. The van der Waals surface area contributed by atoms with Crippen LogP contribution in [0.5, 0.6) is 0 Å². The summed E-state index contributed by atoms with van der Waals surface area (Å²) in [7, 11) is 0. The lowest BCUT2D eigenvalue weighted by Gasteiger charge is -2.38. The minimum absolute atomic E-state index is 0.0269. The van der Waals surface area contributed by atoms with E-state index in [1.165, 1.54) is 12.1 Å². The highest BCUT2D eigenvalue weighted by Gasteiger charge is 2.38. The Morgan fingerprint density at radius 1 is 1.17 bits per heavy atom. The number of amides is 3. The van der Waals surface area contributed by atoms with Crippen molar-refractivity contribution in [1.29, 1.82) is 0 Å². The highest BCUT2D eigenvalue weighted by atomic mass is 19.1. The second-order valence-electron chi connectivity index (χ2n) is 9.21. The van der Waals surface area contributed by atoms with Gasteiger partial charge in [-0.3, -0.25) is 4.79 Å². The summed E-state index contributed by atoms with van der Waals surface area (Å²) < 4.78 is 16.1. The molecule has 0 spiro atoms. The second-order valence-corrected chi connectivity index (χ2v) is 9.21. The molecular formula is C23H29FN4O2. The van der Waals surface area contributed by atoms with Crippen molar-refractivity contribution in [3.05, 3.63) is 59.7 Å². The van der Waals surface area contributed by atoms with E-state index in [-0.39, 0.29) is 41.9 Å². The summed E-state index contributed by atoms with van der Waals surface area (Å²) >= 11 is 0. The van der Waals surface area contributed by atoms with Gasteiger partial charge in [-0.1, -0.05) is 12.1 Å². The van der Waals surface area contributed by atoms with Gasteiger partial charge in [-0.15, -0.1) is 0 Å². The summed E-state index contributed by atoms with van der Waals surface area (Å²) in [5, 5.41) is 2.97. The molecule has 1 unspecified atom stereocenters. The van der Waals surface area contributed by atoms with E-state index in [9.17, 15) is 14.0 Å². The Balaban J connectivity index is 1.59. The van der Waals surface area contributed by atoms with Gasteiger partial charge in [0.15, 0.2) is 0 Å². The predicted octanol–water partition coefficient (Wildman–Crippen LogP) is 3.53. The number of carbonyl (C=O) groups is 2. The standard InChI is InChI=1S/C23H29FN4O2/c1-23(2,3)25-22(30)28(18-9-10-18)15-20(29)27-13-12-26-11-5-8-19(26)21(27)16-6-4-7-17(24)14-16/h4-8,11,14,18,21H,9-10,12-13,15H2,1-3H3,(H,25,30). The number of fused-ring (bicyclic) bond motifs is 1. The molecule has 1 aliphatic carbocycles. The van der Waals surface area contributed by atoms with Gasteiger partial charge in [0.25, 0.3) is 0 Å². The molecule has 1 aromatic heterocycles. The van der Waals surface area contributed by atoms with E-state index in [1.807, 2.05) is 45.2 Å². The maximum atomic E-state index is 14.0. The zero-order chi connectivity index (χ0) is 21.5. The molecule has 160 valence electrons. The van der Waals surface area contributed by atoms with Gasteiger partial charge in [0.05, 0.1) is 6.04 Å². The molecule has 1 fully saturated rings. The van der Waals surface area contributed by atoms with Crippen molar-refractivity contribution in [3.63, 3.8) is 0 Å². The van der Waals surface area contributed by atoms with Crippen LogP contribution in [-0.2, 0) is 11.3 Å². The highest BCUT2D eigenvalue weighted by molar-refractivity contribution is 5.85. The minimum Gasteiger partial charge on any atom is -0.348 e. The summed E-state index contributed by atoms with van der Waals surface area (Å²) in [6, 6.07) is 9.86. The van der Waals surface area contributed by atoms with Gasteiger partial charge in [0, 0.05) is 36.6 Å². The maximum absolute atomic E-state index is 14.0. The molecule has 1 N–H and O–H groups in total. The third-order valence-corrected chi connectivity index (χ3v) is 5.56. The zero-order valence-electron chi connectivity index (χ0n) is 17.8. The maximum Gasteiger partial charge on any atom is 0.318 e. The molecule has 7 heteroatoms. The molecule has 6 nitrogen and oxygen atoms in total. The molecule has 1 aliphatic heterocycles. The van der Waals surface area contributed by atoms with Crippen molar-refractivity contribution in [2.45, 2.75) is 57.8 Å². The Bertz CT molecular complexity index is 945. The Hall–Kier alpha value is -2.83. The number of nitrogens with zero attached hydrogens (tertiary/aromatic N) is 3. The molecule has 2 heterocycles. The summed E-state index contributed by atoms with van der Waals surface area (Å²) in [6.45, 7) is 7.00. The quantitative estimate of drug-likeness (QED) is 0.835. The van der Waals surface area contributed by atoms with Gasteiger partial charge < -0.3 is 19.7 Å². The smallest absolute Gasteiger partial charge is 0.318 e. The average molecular weight is 413 g/mol. The van der Waals surface area contributed by atoms with Crippen molar-refractivity contribution in [3.8, 4) is 0 Å². The van der Waals surface area contributed by atoms with E-state index in [2.05, 4.69) is 9.88 Å². The van der Waals surface area contributed by atoms with Crippen molar-refractivity contribution in [1.82, 2.24) is 19.7 Å². The molecule has 1 saturated carbocycles. The number of halogens is 1. The van der Waals surface area contributed by atoms with Crippen LogP contribution in [0.15, 0.2) is 42.6 Å². The van der Waals surface area contributed by atoms with E-state index in [4.69, 9.17) is 0 Å². The number of carbonyl (C=O) groups excluding carboxylic acids is 2. The largest absolute Gasteiger partial charge is 0.348 e. The van der Waals surface area contributed by atoms with Crippen molar-refractivity contribution in [2.75, 3.05) is 13.1 Å². The second kappa shape index (κ2) is 7.78. The first kappa shape index (κ1) is 20.4. The number of hydrogen-bond donors (Lipinski definition) is 1. The average Bonchev–Trinajstić information content (AvgIpc) is 3.39. The lowest BCUT2D eigenvalue weighted by atomic mass is 9.99. The first-order valence-electron chi connectivity index (χ1n) is 10.5. The number of hydrogen-bond acceptors (Lipinski definition) is 2. The summed E-state index contributed by atoms with van der Waals surface area (Å²) in [5.41, 5.74) is 1.32. The molecule has 2 aliphatic rings. The van der Waals surface area contributed by atoms with Crippen LogP contribution in [0.2, 0.25) is 0 Å². The van der Waals surface area contributed by atoms with Gasteiger partial charge in [0.2, 0.25) is 5.91 Å². The van der Waals surface area contributed by atoms with Crippen molar-refractivity contribution < 1.29 is 14.0 Å². The number of nitrogens with one attached hydrogen (secondary N) is 1. The van der Waals surface area contributed by atoms with Gasteiger partial charge in [0.1, 0.15) is 12.4 Å². The van der Waals surface area contributed by atoms with E-state index in [0.29, 0.717) is 13.1 Å². The third-order valence-electron chi connectivity index (χ3n) is 5.56. The van der Waals surface area contributed by atoms with E-state index in [0.717, 1.165) is 24.1 Å². The molecule has 0 bridgehead atoms. The van der Waals surface area contributed by atoms with Crippen LogP contribution in [0.4, 0.5) is 9.18 Å². The van der Waals surface area contributed by atoms with Crippen molar-refractivity contribution >= 4 is 11.9 Å². The third kappa shape index (κ3) is 4.35. The van der Waals surface area contributed by atoms with Crippen LogP contribution in [0, 0.1) is 5.82 Å². The first-order valence-corrected chi connectivity index (χ1v) is 10.5. The highest BCUT2D eigenvalue weighted by Crippen LogP contribution is 2.34. The predicted molar refractivity (Wildman–Crippen MR) is 112 cm³/mol. The fourth-order valence-corrected chi connectivity index (χ4v) is 4.06. The Labute approximate surface area is 176 Å². The van der Waals surface area contributed by atoms with E-state index in [1.54, 1.807) is 15.9 Å². The van der Waals surface area contributed by atoms with Gasteiger partial charge in [-0.2, -0.15) is 0 Å². The molecular weight excluding hydrogens is 383 g/mol. The Morgan fingerprint density at radius 2 is 1.93 bits per heavy atom. The number of aromatic nitrogens is 1. The summed E-state index contributed by atoms with van der Waals surface area (Å²) in [5.74, 6) is -0.444. The molecule has 4 rings (SSSR count). The molecule has 2 aromatic rings. The number of rotatable bonds is 4. The molecule has 1 atom stereocenters. The molecule has 30 heavy (non-hydrogen) atoms. The van der Waals surface area contributed by atoms with Crippen LogP contribution in [0.1, 0.15) is 50.9 Å². The normalized spacial score (nSPS) is 18.7. The SMILES string of the molecule is CC(C)(C)NC(=O)N(CC(=O)N1CCn2cccc2C1c1cccc(F)c1)C1CC1. The molecule has 1 aromatic carbocycles. The number of urea groups is 1. The monoisotopic (exact) mass is 412 g/mol. The van der Waals surface area contributed by atoms with Gasteiger partial charge >= 0.3 is 6.03 Å². The zero-order valence-corrected chi connectivity index (χ0v) is 17.8.